The highest BCUT2D eigenvalue weighted by molar-refractivity contribution is 5.98. The molecule has 0 aliphatic carbocycles. The first-order valence-electron chi connectivity index (χ1n) is 5.39. The number of methoxy groups -OCH3 is 2. The molecule has 0 heterocycles. The number of benzene rings is 1. The number of nitrogens with zero attached hydrogens (tertiary/aromatic N) is 1. The molecular formula is C13H19NO3. The second-order valence-electron chi connectivity index (χ2n) is 4.28. The van der Waals surface area contributed by atoms with Gasteiger partial charge in [0.1, 0.15) is 11.4 Å². The topological polar surface area (TPSA) is 38.8 Å². The second kappa shape index (κ2) is 5.19. The third kappa shape index (κ3) is 2.97. The van der Waals surface area contributed by atoms with Crippen LogP contribution in [0.5, 0.6) is 5.75 Å². The highest BCUT2D eigenvalue weighted by Crippen LogP contribution is 2.21. The second-order valence-corrected chi connectivity index (χ2v) is 4.28. The van der Waals surface area contributed by atoms with Crippen LogP contribution >= 0.6 is 0 Å². The van der Waals surface area contributed by atoms with Gasteiger partial charge >= 0.3 is 0 Å². The number of carbonyl (C=O) groups excluding carboxylic acids is 1. The molecule has 1 rings (SSSR count). The molecule has 0 saturated heterocycles. The van der Waals surface area contributed by atoms with Crippen LogP contribution in [0.15, 0.2) is 24.3 Å². The summed E-state index contributed by atoms with van der Waals surface area (Å²) < 4.78 is 10.2. The molecule has 4 heteroatoms. The van der Waals surface area contributed by atoms with Crippen molar-refractivity contribution in [2.24, 2.45) is 0 Å². The van der Waals surface area contributed by atoms with E-state index in [1.807, 2.05) is 24.3 Å². The van der Waals surface area contributed by atoms with Crippen LogP contribution in [0, 0.1) is 0 Å². The van der Waals surface area contributed by atoms with Crippen molar-refractivity contribution in [1.29, 1.82) is 0 Å². The number of anilines is 1. The number of amides is 1. The van der Waals surface area contributed by atoms with Gasteiger partial charge in [0.2, 0.25) is 0 Å². The normalized spacial score (nSPS) is 11.1. The zero-order valence-electron chi connectivity index (χ0n) is 11.0. The van der Waals surface area contributed by atoms with Gasteiger partial charge in [0.05, 0.1) is 7.11 Å². The van der Waals surface area contributed by atoms with Crippen molar-refractivity contribution in [3.8, 4) is 5.75 Å². The third-order valence-corrected chi connectivity index (χ3v) is 2.79. The van der Waals surface area contributed by atoms with Crippen LogP contribution in [-0.2, 0) is 9.53 Å². The molecule has 4 nitrogen and oxygen atoms in total. The van der Waals surface area contributed by atoms with Gasteiger partial charge in [0.25, 0.3) is 5.91 Å². The first-order valence-corrected chi connectivity index (χ1v) is 5.39. The lowest BCUT2D eigenvalue weighted by molar-refractivity contribution is -0.136. The number of ether oxygens (including phenoxy) is 2. The van der Waals surface area contributed by atoms with Gasteiger partial charge in [0, 0.05) is 19.8 Å². The highest BCUT2D eigenvalue weighted by Gasteiger charge is 2.30. The van der Waals surface area contributed by atoms with Gasteiger partial charge in [0.15, 0.2) is 0 Å². The highest BCUT2D eigenvalue weighted by atomic mass is 16.5. The molecule has 0 fully saturated rings. The first-order chi connectivity index (χ1) is 7.92. The SMILES string of the molecule is COc1ccc(N(C)C(=O)C(C)(C)OC)cc1. The van der Waals surface area contributed by atoms with E-state index >= 15 is 0 Å². The monoisotopic (exact) mass is 237 g/mol. The van der Waals surface area contributed by atoms with E-state index in [4.69, 9.17) is 9.47 Å². The maximum Gasteiger partial charge on any atom is 0.258 e. The fourth-order valence-electron chi connectivity index (χ4n) is 1.41. The minimum Gasteiger partial charge on any atom is -0.497 e. The summed E-state index contributed by atoms with van der Waals surface area (Å²) in [4.78, 5) is 13.7. The summed E-state index contributed by atoms with van der Waals surface area (Å²) in [6.45, 7) is 3.49. The average Bonchev–Trinajstić information content (AvgIpc) is 2.37. The Kier molecular flexibility index (Phi) is 4.12. The summed E-state index contributed by atoms with van der Waals surface area (Å²) in [7, 11) is 4.86. The molecule has 1 aromatic rings. The van der Waals surface area contributed by atoms with E-state index in [-0.39, 0.29) is 5.91 Å². The Morgan fingerprint density at radius 1 is 1.18 bits per heavy atom. The number of carbonyl (C=O) groups is 1. The predicted molar refractivity (Wildman–Crippen MR) is 67.5 cm³/mol. The summed E-state index contributed by atoms with van der Waals surface area (Å²) in [6.07, 6.45) is 0. The standard InChI is InChI=1S/C13H19NO3/c1-13(2,17-5)12(15)14(3)10-6-8-11(16-4)9-7-10/h6-9H,1-5H3. The molecular weight excluding hydrogens is 218 g/mol. The molecule has 94 valence electrons. The molecule has 0 atom stereocenters. The van der Waals surface area contributed by atoms with Crippen molar-refractivity contribution in [3.63, 3.8) is 0 Å². The zero-order valence-corrected chi connectivity index (χ0v) is 11.0. The average molecular weight is 237 g/mol. The Labute approximate surface area is 102 Å². The van der Waals surface area contributed by atoms with Crippen molar-refractivity contribution in [2.45, 2.75) is 19.4 Å². The maximum atomic E-state index is 12.1. The first kappa shape index (κ1) is 13.5. The van der Waals surface area contributed by atoms with E-state index in [0.717, 1.165) is 11.4 Å². The van der Waals surface area contributed by atoms with Gasteiger partial charge in [-0.25, -0.2) is 0 Å². The molecule has 0 spiro atoms. The Morgan fingerprint density at radius 3 is 2.12 bits per heavy atom. The van der Waals surface area contributed by atoms with Crippen LogP contribution < -0.4 is 9.64 Å². The number of likely N-dealkylation sites (N-methyl/N-ethyl adjacent to an activating group) is 1. The molecule has 0 bridgehead atoms. The Bertz CT molecular complexity index is 384. The fourth-order valence-corrected chi connectivity index (χ4v) is 1.41. The number of hydrogen-bond donors (Lipinski definition) is 0. The lowest BCUT2D eigenvalue weighted by Gasteiger charge is -2.28. The summed E-state index contributed by atoms with van der Waals surface area (Å²) in [6, 6.07) is 7.31. The van der Waals surface area contributed by atoms with Crippen LogP contribution in [0.25, 0.3) is 0 Å². The molecule has 0 aliphatic heterocycles. The van der Waals surface area contributed by atoms with E-state index in [2.05, 4.69) is 0 Å². The summed E-state index contributed by atoms with van der Waals surface area (Å²) in [5.74, 6) is 0.672. The van der Waals surface area contributed by atoms with Crippen LogP contribution in [0.2, 0.25) is 0 Å². The van der Waals surface area contributed by atoms with Gasteiger partial charge in [-0.05, 0) is 38.1 Å². The maximum absolute atomic E-state index is 12.1. The van der Waals surface area contributed by atoms with E-state index in [1.165, 1.54) is 7.11 Å². The van der Waals surface area contributed by atoms with Crippen LogP contribution in [0.4, 0.5) is 5.69 Å². The minimum atomic E-state index is -0.825. The Hall–Kier alpha value is -1.55. The van der Waals surface area contributed by atoms with Crippen molar-refractivity contribution >= 4 is 11.6 Å². The number of hydrogen-bond acceptors (Lipinski definition) is 3. The molecule has 1 aromatic carbocycles. The van der Waals surface area contributed by atoms with Crippen LogP contribution in [-0.4, -0.2) is 32.8 Å². The summed E-state index contributed by atoms with van der Waals surface area (Å²) in [5.41, 5.74) is -0.0183. The van der Waals surface area contributed by atoms with Crippen molar-refractivity contribution in [1.82, 2.24) is 0 Å². The van der Waals surface area contributed by atoms with Crippen molar-refractivity contribution in [2.75, 3.05) is 26.2 Å². The molecule has 0 radical (unpaired) electrons. The molecule has 0 aromatic heterocycles. The van der Waals surface area contributed by atoms with Crippen molar-refractivity contribution < 1.29 is 14.3 Å². The smallest absolute Gasteiger partial charge is 0.258 e. The van der Waals surface area contributed by atoms with Gasteiger partial charge in [-0.2, -0.15) is 0 Å². The van der Waals surface area contributed by atoms with E-state index in [0.29, 0.717) is 0 Å². The van der Waals surface area contributed by atoms with Crippen LogP contribution in [0.1, 0.15) is 13.8 Å². The van der Waals surface area contributed by atoms with Crippen molar-refractivity contribution in [3.05, 3.63) is 24.3 Å². The van der Waals surface area contributed by atoms with Crippen LogP contribution in [0.3, 0.4) is 0 Å². The molecule has 0 aliphatic rings. The van der Waals surface area contributed by atoms with E-state index in [1.54, 1.807) is 32.9 Å². The Balaban J connectivity index is 2.88. The summed E-state index contributed by atoms with van der Waals surface area (Å²) >= 11 is 0. The zero-order chi connectivity index (χ0) is 13.1. The molecule has 17 heavy (non-hydrogen) atoms. The van der Waals surface area contributed by atoms with E-state index in [9.17, 15) is 4.79 Å². The minimum absolute atomic E-state index is 0.0924. The molecule has 1 amide bonds. The van der Waals surface area contributed by atoms with Gasteiger partial charge in [-0.15, -0.1) is 0 Å². The lowest BCUT2D eigenvalue weighted by atomic mass is 10.1. The summed E-state index contributed by atoms with van der Waals surface area (Å²) in [5, 5.41) is 0. The van der Waals surface area contributed by atoms with Gasteiger partial charge in [-0.1, -0.05) is 0 Å². The fraction of sp³-hybridized carbons (Fsp3) is 0.462. The Morgan fingerprint density at radius 2 is 1.71 bits per heavy atom. The molecule has 0 saturated carbocycles. The van der Waals surface area contributed by atoms with Gasteiger partial charge in [-0.3, -0.25) is 4.79 Å². The van der Waals surface area contributed by atoms with Gasteiger partial charge < -0.3 is 14.4 Å². The van der Waals surface area contributed by atoms with E-state index < -0.39 is 5.60 Å². The molecule has 0 unspecified atom stereocenters. The largest absolute Gasteiger partial charge is 0.497 e. The third-order valence-electron chi connectivity index (χ3n) is 2.79. The lowest BCUT2D eigenvalue weighted by Crippen LogP contribution is -2.44. The molecule has 0 N–H and O–H groups in total. The predicted octanol–water partition coefficient (Wildman–Crippen LogP) is 2.08. The number of rotatable bonds is 4. The quantitative estimate of drug-likeness (QED) is 0.804.